The number of aromatic hydroxyl groups is 1. The lowest BCUT2D eigenvalue weighted by Gasteiger charge is -2.04. The lowest BCUT2D eigenvalue weighted by molar-refractivity contribution is 0.416. The highest BCUT2D eigenvalue weighted by Crippen LogP contribution is 2.29. The summed E-state index contributed by atoms with van der Waals surface area (Å²) in [5, 5.41) is 9.45. The zero-order valence-electron chi connectivity index (χ0n) is 17.1. The minimum Gasteiger partial charge on any atom is -0.508 e. The van der Waals surface area contributed by atoms with E-state index in [2.05, 4.69) is 48.0 Å². The van der Waals surface area contributed by atoms with E-state index < -0.39 is 0 Å². The Morgan fingerprint density at radius 2 is 1.57 bits per heavy atom. The van der Waals surface area contributed by atoms with Gasteiger partial charge in [-0.3, -0.25) is 0 Å². The highest BCUT2D eigenvalue weighted by atomic mass is 16.5. The van der Waals surface area contributed by atoms with E-state index in [4.69, 9.17) is 9.72 Å². The van der Waals surface area contributed by atoms with Gasteiger partial charge in [-0.05, 0) is 54.0 Å². The number of methoxy groups -OCH3 is 1. The van der Waals surface area contributed by atoms with E-state index in [1.807, 2.05) is 42.5 Å². The molecule has 1 N–H and O–H groups in total. The van der Waals surface area contributed by atoms with Crippen LogP contribution in [0.1, 0.15) is 18.3 Å². The summed E-state index contributed by atoms with van der Waals surface area (Å²) in [6.45, 7) is 2.94. The van der Waals surface area contributed by atoms with Gasteiger partial charge in [0, 0.05) is 18.3 Å². The molecule has 4 nitrogen and oxygen atoms in total. The van der Waals surface area contributed by atoms with Crippen molar-refractivity contribution in [3.8, 4) is 33.9 Å². The Morgan fingerprint density at radius 1 is 0.900 bits per heavy atom. The number of benzene rings is 3. The summed E-state index contributed by atoms with van der Waals surface area (Å²) in [4.78, 5) is 4.82. The second-order valence-electron chi connectivity index (χ2n) is 6.97. The fourth-order valence-corrected chi connectivity index (χ4v) is 3.41. The van der Waals surface area contributed by atoms with Gasteiger partial charge in [0.1, 0.15) is 17.3 Å². The molecule has 0 fully saturated rings. The molecule has 4 aromatic rings. The van der Waals surface area contributed by atoms with Crippen LogP contribution in [-0.4, -0.2) is 21.8 Å². The molecular weight excluding hydrogens is 372 g/mol. The van der Waals surface area contributed by atoms with Crippen LogP contribution in [0.15, 0.2) is 79.0 Å². The third-order valence-electron chi connectivity index (χ3n) is 5.07. The molecule has 0 aliphatic rings. The summed E-state index contributed by atoms with van der Waals surface area (Å²) in [6.07, 6.45) is 6.17. The SMILES string of the molecule is CCn1cc(-c2ccccc2OC)nc1C=Cc1ccc(-c2ccc(O)cc2)cc1. The van der Waals surface area contributed by atoms with Gasteiger partial charge in [-0.2, -0.15) is 0 Å². The third-order valence-corrected chi connectivity index (χ3v) is 5.07. The Morgan fingerprint density at radius 3 is 2.23 bits per heavy atom. The maximum absolute atomic E-state index is 9.45. The minimum absolute atomic E-state index is 0.275. The first-order chi connectivity index (χ1) is 14.7. The number of aromatic nitrogens is 2. The van der Waals surface area contributed by atoms with E-state index in [0.717, 1.165) is 46.1 Å². The molecule has 0 aliphatic heterocycles. The summed E-state index contributed by atoms with van der Waals surface area (Å²) in [7, 11) is 1.68. The monoisotopic (exact) mass is 396 g/mol. The molecule has 0 saturated heterocycles. The molecule has 1 aromatic heterocycles. The predicted octanol–water partition coefficient (Wildman–Crippen LogP) is 6.12. The molecule has 0 saturated carbocycles. The lowest BCUT2D eigenvalue weighted by Crippen LogP contribution is -1.94. The summed E-state index contributed by atoms with van der Waals surface area (Å²) in [6, 6.07) is 23.5. The molecular formula is C26H24N2O2. The number of nitrogens with zero attached hydrogens (tertiary/aromatic N) is 2. The molecule has 1 heterocycles. The first-order valence-electron chi connectivity index (χ1n) is 9.96. The van der Waals surface area contributed by atoms with Crippen molar-refractivity contribution >= 4 is 12.2 Å². The minimum atomic E-state index is 0.275. The molecule has 30 heavy (non-hydrogen) atoms. The fourth-order valence-electron chi connectivity index (χ4n) is 3.41. The van der Waals surface area contributed by atoms with Crippen molar-refractivity contribution < 1.29 is 9.84 Å². The van der Waals surface area contributed by atoms with E-state index in [1.54, 1.807) is 19.2 Å². The van der Waals surface area contributed by atoms with Gasteiger partial charge >= 0.3 is 0 Å². The van der Waals surface area contributed by atoms with Gasteiger partial charge in [-0.1, -0.05) is 54.6 Å². The van der Waals surface area contributed by atoms with Crippen molar-refractivity contribution in [3.05, 3.63) is 90.4 Å². The Balaban J connectivity index is 1.58. The highest BCUT2D eigenvalue weighted by Gasteiger charge is 2.11. The van der Waals surface area contributed by atoms with Crippen molar-refractivity contribution in [2.45, 2.75) is 13.5 Å². The molecule has 0 atom stereocenters. The van der Waals surface area contributed by atoms with E-state index >= 15 is 0 Å². The third kappa shape index (κ3) is 4.13. The van der Waals surface area contributed by atoms with Crippen molar-refractivity contribution in [2.75, 3.05) is 7.11 Å². The lowest BCUT2D eigenvalue weighted by atomic mass is 10.0. The number of imidazole rings is 1. The topological polar surface area (TPSA) is 47.3 Å². The molecule has 4 rings (SSSR count). The Kier molecular flexibility index (Phi) is 5.66. The average Bonchev–Trinajstić information content (AvgIpc) is 3.21. The van der Waals surface area contributed by atoms with Gasteiger partial charge in [-0.25, -0.2) is 4.98 Å². The number of ether oxygens (including phenoxy) is 1. The zero-order valence-corrected chi connectivity index (χ0v) is 17.1. The number of phenols is 1. The highest BCUT2D eigenvalue weighted by molar-refractivity contribution is 5.73. The first-order valence-corrected chi connectivity index (χ1v) is 9.96. The van der Waals surface area contributed by atoms with Crippen LogP contribution < -0.4 is 4.74 Å². The Bertz CT molecular complexity index is 1160. The van der Waals surface area contributed by atoms with Crippen LogP contribution >= 0.6 is 0 Å². The van der Waals surface area contributed by atoms with Crippen LogP contribution in [0.2, 0.25) is 0 Å². The molecule has 0 amide bonds. The zero-order chi connectivity index (χ0) is 20.9. The van der Waals surface area contributed by atoms with Crippen LogP contribution in [-0.2, 0) is 6.54 Å². The van der Waals surface area contributed by atoms with Crippen LogP contribution in [0.4, 0.5) is 0 Å². The van der Waals surface area contributed by atoms with Crippen molar-refractivity contribution in [1.29, 1.82) is 0 Å². The van der Waals surface area contributed by atoms with Crippen LogP contribution in [0, 0.1) is 0 Å². The van der Waals surface area contributed by atoms with Crippen molar-refractivity contribution in [3.63, 3.8) is 0 Å². The number of para-hydroxylation sites is 1. The smallest absolute Gasteiger partial charge is 0.133 e. The average molecular weight is 396 g/mol. The molecule has 150 valence electrons. The maximum atomic E-state index is 9.45. The largest absolute Gasteiger partial charge is 0.508 e. The second kappa shape index (κ2) is 8.70. The Hall–Kier alpha value is -3.79. The van der Waals surface area contributed by atoms with Crippen molar-refractivity contribution in [2.24, 2.45) is 0 Å². The fraction of sp³-hybridized carbons (Fsp3) is 0.115. The summed E-state index contributed by atoms with van der Waals surface area (Å²) >= 11 is 0. The van der Waals surface area contributed by atoms with Gasteiger partial charge in [0.25, 0.3) is 0 Å². The van der Waals surface area contributed by atoms with Gasteiger partial charge in [0.05, 0.1) is 12.8 Å². The maximum Gasteiger partial charge on any atom is 0.133 e. The first kappa shape index (κ1) is 19.5. The quantitative estimate of drug-likeness (QED) is 0.427. The van der Waals surface area contributed by atoms with Gasteiger partial charge in [0.2, 0.25) is 0 Å². The molecule has 0 bridgehead atoms. The number of rotatable bonds is 6. The van der Waals surface area contributed by atoms with E-state index in [9.17, 15) is 5.11 Å². The number of hydrogen-bond donors (Lipinski definition) is 1. The molecule has 0 spiro atoms. The number of aryl methyl sites for hydroxylation is 1. The standard InChI is InChI=1S/C26H24N2O2/c1-3-28-18-24(23-6-4-5-7-25(23)30-2)27-26(28)17-10-19-8-11-20(12-9-19)21-13-15-22(29)16-14-21/h4-18,29H,3H2,1-2H3. The number of phenolic OH excluding ortho intramolecular Hbond substituents is 1. The van der Waals surface area contributed by atoms with E-state index in [-0.39, 0.29) is 5.75 Å². The van der Waals surface area contributed by atoms with Gasteiger partial charge in [0.15, 0.2) is 0 Å². The Labute approximate surface area is 176 Å². The predicted molar refractivity (Wildman–Crippen MR) is 122 cm³/mol. The molecule has 3 aromatic carbocycles. The van der Waals surface area contributed by atoms with Crippen molar-refractivity contribution in [1.82, 2.24) is 9.55 Å². The van der Waals surface area contributed by atoms with Gasteiger partial charge in [-0.15, -0.1) is 0 Å². The van der Waals surface area contributed by atoms with E-state index in [1.165, 1.54) is 0 Å². The van der Waals surface area contributed by atoms with E-state index in [0.29, 0.717) is 0 Å². The molecule has 0 aliphatic carbocycles. The molecule has 0 radical (unpaired) electrons. The second-order valence-corrected chi connectivity index (χ2v) is 6.97. The van der Waals surface area contributed by atoms with Crippen LogP contribution in [0.3, 0.4) is 0 Å². The number of hydrogen-bond acceptors (Lipinski definition) is 3. The molecule has 4 heteroatoms. The van der Waals surface area contributed by atoms with Crippen LogP contribution in [0.5, 0.6) is 11.5 Å². The van der Waals surface area contributed by atoms with Crippen LogP contribution in [0.25, 0.3) is 34.5 Å². The van der Waals surface area contributed by atoms with Gasteiger partial charge < -0.3 is 14.4 Å². The summed E-state index contributed by atoms with van der Waals surface area (Å²) in [5.74, 6) is 2.00. The molecule has 0 unspecified atom stereocenters. The normalized spacial score (nSPS) is 11.1. The summed E-state index contributed by atoms with van der Waals surface area (Å²) < 4.78 is 7.61. The summed E-state index contributed by atoms with van der Waals surface area (Å²) in [5.41, 5.74) is 5.17.